The van der Waals surface area contributed by atoms with Gasteiger partial charge in [-0.25, -0.2) is 13.2 Å². The van der Waals surface area contributed by atoms with Gasteiger partial charge in [-0.2, -0.15) is 4.31 Å². The quantitative estimate of drug-likeness (QED) is 0.706. The van der Waals surface area contributed by atoms with Gasteiger partial charge in [-0.05, 0) is 26.0 Å². The molecule has 1 aromatic carbocycles. The highest BCUT2D eigenvalue weighted by atomic mass is 32.2. The van der Waals surface area contributed by atoms with E-state index >= 15 is 0 Å². The Labute approximate surface area is 165 Å². The zero-order valence-electron chi connectivity index (χ0n) is 16.1. The molecule has 0 aliphatic carbocycles. The third kappa shape index (κ3) is 5.49. The average molecular weight is 413 g/mol. The summed E-state index contributed by atoms with van der Waals surface area (Å²) in [6.07, 6.45) is -0.587. The van der Waals surface area contributed by atoms with Crippen molar-refractivity contribution in [2.24, 2.45) is 0 Å². The minimum absolute atomic E-state index is 0.0269. The summed E-state index contributed by atoms with van der Waals surface area (Å²) in [6.45, 7) is 4.97. The van der Waals surface area contributed by atoms with Crippen molar-refractivity contribution in [3.63, 3.8) is 0 Å². The number of para-hydroxylation sites is 2. The van der Waals surface area contributed by atoms with Crippen LogP contribution in [-0.4, -0.2) is 75.6 Å². The van der Waals surface area contributed by atoms with E-state index < -0.39 is 16.1 Å². The number of sulfonamides is 1. The summed E-state index contributed by atoms with van der Waals surface area (Å²) in [7, 11) is -3.45. The van der Waals surface area contributed by atoms with Gasteiger partial charge in [-0.3, -0.25) is 0 Å². The van der Waals surface area contributed by atoms with Gasteiger partial charge in [0.1, 0.15) is 6.61 Å². The summed E-state index contributed by atoms with van der Waals surface area (Å²) in [5, 5.41) is 5.26. The van der Waals surface area contributed by atoms with Crippen molar-refractivity contribution in [2.45, 2.75) is 32.2 Å². The van der Waals surface area contributed by atoms with Crippen LogP contribution in [0.2, 0.25) is 0 Å². The lowest BCUT2D eigenvalue weighted by Gasteiger charge is -2.34. The first kappa shape index (κ1) is 20.7. The van der Waals surface area contributed by atoms with E-state index in [0.717, 1.165) is 0 Å². The van der Waals surface area contributed by atoms with E-state index in [-0.39, 0.29) is 37.2 Å². The first-order chi connectivity index (χ1) is 13.3. The second-order valence-electron chi connectivity index (χ2n) is 7.02. The number of urea groups is 1. The van der Waals surface area contributed by atoms with Gasteiger partial charge in [0.2, 0.25) is 10.0 Å². The number of benzene rings is 1. The molecular formula is C18H27N3O6S. The number of fused-ring (bicyclic) bond motifs is 1. The molecule has 9 nitrogen and oxygen atoms in total. The maximum atomic E-state index is 12.4. The van der Waals surface area contributed by atoms with Gasteiger partial charge in [0.25, 0.3) is 0 Å². The molecule has 0 spiro atoms. The van der Waals surface area contributed by atoms with Crippen LogP contribution in [0, 0.1) is 0 Å². The Kier molecular flexibility index (Phi) is 6.63. The molecule has 10 heteroatoms. The zero-order chi connectivity index (χ0) is 20.1. The molecule has 28 heavy (non-hydrogen) atoms. The van der Waals surface area contributed by atoms with Crippen LogP contribution in [0.1, 0.15) is 13.8 Å². The molecule has 1 aromatic rings. The van der Waals surface area contributed by atoms with E-state index in [1.165, 1.54) is 4.31 Å². The number of morpholine rings is 1. The second-order valence-corrected chi connectivity index (χ2v) is 9.11. The number of carbonyl (C=O) groups is 1. The minimum atomic E-state index is -3.45. The summed E-state index contributed by atoms with van der Waals surface area (Å²) < 4.78 is 43.2. The Bertz CT molecular complexity index is 777. The Hall–Kier alpha value is -2.04. The lowest BCUT2D eigenvalue weighted by molar-refractivity contribution is -0.0440. The molecular weight excluding hydrogens is 386 g/mol. The van der Waals surface area contributed by atoms with Crippen molar-refractivity contribution in [3.05, 3.63) is 24.3 Å². The van der Waals surface area contributed by atoms with Gasteiger partial charge in [0, 0.05) is 19.6 Å². The highest BCUT2D eigenvalue weighted by Gasteiger charge is 2.30. The van der Waals surface area contributed by atoms with Crippen molar-refractivity contribution in [2.75, 3.05) is 38.5 Å². The van der Waals surface area contributed by atoms with Gasteiger partial charge in [0.05, 0.1) is 24.5 Å². The molecule has 0 saturated carbocycles. The van der Waals surface area contributed by atoms with Crippen LogP contribution >= 0.6 is 0 Å². The third-order valence-corrected chi connectivity index (χ3v) is 6.29. The fourth-order valence-corrected chi connectivity index (χ4v) is 4.71. The summed E-state index contributed by atoms with van der Waals surface area (Å²) in [4.78, 5) is 12.0. The van der Waals surface area contributed by atoms with Gasteiger partial charge >= 0.3 is 6.03 Å². The largest absolute Gasteiger partial charge is 0.486 e. The number of amides is 2. The molecule has 3 atom stereocenters. The van der Waals surface area contributed by atoms with Crippen LogP contribution in [0.5, 0.6) is 11.5 Å². The van der Waals surface area contributed by atoms with E-state index in [1.54, 1.807) is 6.07 Å². The van der Waals surface area contributed by atoms with Gasteiger partial charge < -0.3 is 24.8 Å². The molecule has 0 radical (unpaired) electrons. The molecule has 2 aliphatic heterocycles. The predicted molar refractivity (Wildman–Crippen MR) is 103 cm³/mol. The van der Waals surface area contributed by atoms with E-state index in [1.807, 2.05) is 32.0 Å². The number of carbonyl (C=O) groups excluding carboxylic acids is 1. The van der Waals surface area contributed by atoms with Crippen LogP contribution in [0.3, 0.4) is 0 Å². The second kappa shape index (κ2) is 8.97. The lowest BCUT2D eigenvalue weighted by atomic mass is 10.2. The normalized spacial score (nSPS) is 25.1. The summed E-state index contributed by atoms with van der Waals surface area (Å²) >= 11 is 0. The van der Waals surface area contributed by atoms with Crippen LogP contribution < -0.4 is 20.1 Å². The monoisotopic (exact) mass is 413 g/mol. The van der Waals surface area contributed by atoms with Crippen molar-refractivity contribution in [1.82, 2.24) is 14.9 Å². The zero-order valence-corrected chi connectivity index (χ0v) is 16.9. The van der Waals surface area contributed by atoms with E-state index in [9.17, 15) is 13.2 Å². The summed E-state index contributed by atoms with van der Waals surface area (Å²) in [5.41, 5.74) is 0. The molecule has 3 rings (SSSR count). The van der Waals surface area contributed by atoms with Crippen molar-refractivity contribution >= 4 is 16.1 Å². The number of nitrogens with one attached hydrogen (secondary N) is 2. The van der Waals surface area contributed by atoms with Crippen molar-refractivity contribution in [1.29, 1.82) is 0 Å². The van der Waals surface area contributed by atoms with Gasteiger partial charge in [-0.15, -0.1) is 0 Å². The molecule has 0 bridgehead atoms. The predicted octanol–water partition coefficient (Wildman–Crippen LogP) is 0.565. The standard InChI is InChI=1S/C18H27N3O6S/c1-13-10-21(11-14(2)26-13)28(23,24)8-7-19-18(22)20-9-15-12-25-16-5-3-4-6-17(16)27-15/h3-6,13-15H,7-12H2,1-2H3,(H2,19,20,22)/t13-,14-,15-/m1/s1. The van der Waals surface area contributed by atoms with Crippen molar-refractivity contribution in [3.8, 4) is 11.5 Å². The SMILES string of the molecule is C[C@@H]1CN(S(=O)(=O)CCNC(=O)NC[C@@H]2COc3ccccc3O2)C[C@@H](C)O1. The number of rotatable bonds is 6. The van der Waals surface area contributed by atoms with Crippen LogP contribution in [0.25, 0.3) is 0 Å². The molecule has 2 amide bonds. The fourth-order valence-electron chi connectivity index (χ4n) is 3.21. The van der Waals surface area contributed by atoms with Crippen LogP contribution in [-0.2, 0) is 14.8 Å². The van der Waals surface area contributed by atoms with Gasteiger partial charge in [-0.1, -0.05) is 12.1 Å². The molecule has 2 aliphatic rings. The Morgan fingerprint density at radius 3 is 2.54 bits per heavy atom. The highest BCUT2D eigenvalue weighted by Crippen LogP contribution is 2.30. The Balaban J connectivity index is 1.38. The first-order valence-corrected chi connectivity index (χ1v) is 11.0. The van der Waals surface area contributed by atoms with E-state index in [2.05, 4.69) is 10.6 Å². The molecule has 1 fully saturated rings. The topological polar surface area (TPSA) is 106 Å². The molecule has 1 saturated heterocycles. The smallest absolute Gasteiger partial charge is 0.314 e. The average Bonchev–Trinajstić information content (AvgIpc) is 2.65. The number of hydrogen-bond acceptors (Lipinski definition) is 6. The highest BCUT2D eigenvalue weighted by molar-refractivity contribution is 7.89. The van der Waals surface area contributed by atoms with E-state index in [4.69, 9.17) is 14.2 Å². The maximum Gasteiger partial charge on any atom is 0.314 e. The third-order valence-electron chi connectivity index (χ3n) is 4.48. The number of ether oxygens (including phenoxy) is 3. The first-order valence-electron chi connectivity index (χ1n) is 9.37. The number of nitrogens with zero attached hydrogens (tertiary/aromatic N) is 1. The molecule has 2 N–H and O–H groups in total. The fraction of sp³-hybridized carbons (Fsp3) is 0.611. The van der Waals surface area contributed by atoms with Crippen LogP contribution in [0.4, 0.5) is 4.79 Å². The van der Waals surface area contributed by atoms with Crippen molar-refractivity contribution < 1.29 is 27.4 Å². The summed E-state index contributed by atoms with van der Waals surface area (Å²) in [6, 6.07) is 6.89. The molecule has 0 unspecified atom stereocenters. The molecule has 2 heterocycles. The molecule has 156 valence electrons. The lowest BCUT2D eigenvalue weighted by Crippen LogP contribution is -2.50. The number of hydrogen-bond donors (Lipinski definition) is 2. The maximum absolute atomic E-state index is 12.4. The van der Waals surface area contributed by atoms with Gasteiger partial charge in [0.15, 0.2) is 17.6 Å². The molecule has 0 aromatic heterocycles. The Morgan fingerprint density at radius 1 is 1.14 bits per heavy atom. The van der Waals surface area contributed by atoms with Crippen LogP contribution in [0.15, 0.2) is 24.3 Å². The van der Waals surface area contributed by atoms with E-state index in [0.29, 0.717) is 31.2 Å². The Morgan fingerprint density at radius 2 is 1.82 bits per heavy atom. The minimum Gasteiger partial charge on any atom is -0.486 e. The summed E-state index contributed by atoms with van der Waals surface area (Å²) in [5.74, 6) is 1.16.